The van der Waals surface area contributed by atoms with Crippen LogP contribution in [-0.2, 0) is 11.3 Å². The van der Waals surface area contributed by atoms with Crippen molar-refractivity contribution >= 4 is 21.8 Å². The molecule has 0 spiro atoms. The number of halogens is 1. The number of benzene rings is 1. The van der Waals surface area contributed by atoms with Crippen molar-refractivity contribution in [2.24, 2.45) is 5.92 Å². The summed E-state index contributed by atoms with van der Waals surface area (Å²) < 4.78 is 1.11. The Hall–Kier alpha value is -0.910. The number of nitrogens with zero attached hydrogens (tertiary/aromatic N) is 3. The number of amides is 1. The van der Waals surface area contributed by atoms with Crippen LogP contribution in [0.4, 0.5) is 0 Å². The number of likely N-dealkylation sites (tertiary alicyclic amines) is 1. The van der Waals surface area contributed by atoms with Crippen LogP contribution in [0.5, 0.6) is 0 Å². The lowest BCUT2D eigenvalue weighted by atomic mass is 9.95. The molecule has 4 nitrogen and oxygen atoms in total. The molecule has 5 heteroatoms. The van der Waals surface area contributed by atoms with Gasteiger partial charge in [-0.1, -0.05) is 35.0 Å². The first-order valence-electron chi connectivity index (χ1n) is 9.13. The average Bonchev–Trinajstić information content (AvgIpc) is 2.63. The van der Waals surface area contributed by atoms with E-state index in [0.717, 1.165) is 69.7 Å². The second kappa shape index (κ2) is 8.45. The van der Waals surface area contributed by atoms with E-state index in [4.69, 9.17) is 0 Å². The average molecular weight is 394 g/mol. The molecule has 2 heterocycles. The number of hydrogen-bond donors (Lipinski definition) is 0. The summed E-state index contributed by atoms with van der Waals surface area (Å²) in [7, 11) is 0. The third-order valence-corrected chi connectivity index (χ3v) is 5.83. The van der Waals surface area contributed by atoms with Gasteiger partial charge in [-0.05, 0) is 43.6 Å². The van der Waals surface area contributed by atoms with Crippen LogP contribution in [-0.4, -0.2) is 66.4 Å². The second-order valence-electron chi connectivity index (χ2n) is 6.96. The molecule has 2 fully saturated rings. The number of piperidine rings is 1. The number of rotatable bonds is 4. The standard InChI is InChI=1S/C19H28BrN3O/c1-2-21-10-12-23(13-11-21)19(24)17-4-3-9-22(15-17)14-16-5-7-18(20)8-6-16/h5-8,17H,2-4,9-15H2,1H3. The highest BCUT2D eigenvalue weighted by molar-refractivity contribution is 9.10. The molecule has 2 aliphatic rings. The van der Waals surface area contributed by atoms with E-state index in [2.05, 4.69) is 61.8 Å². The predicted octanol–water partition coefficient (Wildman–Crippen LogP) is 2.83. The molecule has 0 N–H and O–H groups in total. The molecule has 24 heavy (non-hydrogen) atoms. The maximum atomic E-state index is 12.9. The maximum Gasteiger partial charge on any atom is 0.227 e. The van der Waals surface area contributed by atoms with Gasteiger partial charge in [0.15, 0.2) is 0 Å². The number of likely N-dealkylation sites (N-methyl/N-ethyl adjacent to an activating group) is 1. The second-order valence-corrected chi connectivity index (χ2v) is 7.88. The number of carbonyl (C=O) groups excluding carboxylic acids is 1. The van der Waals surface area contributed by atoms with Crippen LogP contribution in [0.3, 0.4) is 0 Å². The van der Waals surface area contributed by atoms with Gasteiger partial charge >= 0.3 is 0 Å². The van der Waals surface area contributed by atoms with E-state index in [-0.39, 0.29) is 5.92 Å². The quantitative estimate of drug-likeness (QED) is 0.786. The topological polar surface area (TPSA) is 26.8 Å². The molecule has 1 aromatic carbocycles. The van der Waals surface area contributed by atoms with E-state index in [1.54, 1.807) is 0 Å². The summed E-state index contributed by atoms with van der Waals surface area (Å²) in [4.78, 5) is 19.8. The lowest BCUT2D eigenvalue weighted by molar-refractivity contribution is -0.139. The highest BCUT2D eigenvalue weighted by Gasteiger charge is 2.30. The van der Waals surface area contributed by atoms with Crippen molar-refractivity contribution < 1.29 is 4.79 Å². The van der Waals surface area contributed by atoms with Crippen LogP contribution in [0.25, 0.3) is 0 Å². The Bertz CT molecular complexity index is 540. The first kappa shape index (κ1) is 17.9. The Kier molecular flexibility index (Phi) is 6.31. The zero-order chi connectivity index (χ0) is 16.9. The molecule has 1 unspecified atom stereocenters. The molecule has 2 saturated heterocycles. The monoisotopic (exact) mass is 393 g/mol. The van der Waals surface area contributed by atoms with E-state index in [1.165, 1.54) is 5.56 Å². The van der Waals surface area contributed by atoms with E-state index in [0.29, 0.717) is 5.91 Å². The fourth-order valence-corrected chi connectivity index (χ4v) is 4.06. The summed E-state index contributed by atoms with van der Waals surface area (Å²) >= 11 is 3.49. The summed E-state index contributed by atoms with van der Waals surface area (Å²) in [5.41, 5.74) is 1.32. The predicted molar refractivity (Wildman–Crippen MR) is 101 cm³/mol. The van der Waals surface area contributed by atoms with E-state index in [9.17, 15) is 4.79 Å². The molecular weight excluding hydrogens is 366 g/mol. The van der Waals surface area contributed by atoms with Gasteiger partial charge < -0.3 is 9.80 Å². The summed E-state index contributed by atoms with van der Waals surface area (Å²) in [5, 5.41) is 0. The van der Waals surface area contributed by atoms with Gasteiger partial charge in [-0.3, -0.25) is 9.69 Å². The third kappa shape index (κ3) is 4.58. The Morgan fingerprint density at radius 3 is 2.46 bits per heavy atom. The first-order valence-corrected chi connectivity index (χ1v) is 9.93. The van der Waals surface area contributed by atoms with Crippen molar-refractivity contribution in [2.75, 3.05) is 45.8 Å². The molecule has 0 bridgehead atoms. The minimum Gasteiger partial charge on any atom is -0.340 e. The van der Waals surface area contributed by atoms with Crippen LogP contribution in [0.15, 0.2) is 28.7 Å². The SMILES string of the molecule is CCN1CCN(C(=O)C2CCCN(Cc3ccc(Br)cc3)C2)CC1. The van der Waals surface area contributed by atoms with Gasteiger partial charge in [-0.15, -0.1) is 0 Å². The normalized spacial score (nSPS) is 23.4. The van der Waals surface area contributed by atoms with E-state index < -0.39 is 0 Å². The first-order chi connectivity index (χ1) is 11.7. The van der Waals surface area contributed by atoms with Crippen LogP contribution >= 0.6 is 15.9 Å². The van der Waals surface area contributed by atoms with Crippen molar-refractivity contribution in [3.05, 3.63) is 34.3 Å². The van der Waals surface area contributed by atoms with Crippen molar-refractivity contribution in [3.63, 3.8) is 0 Å². The van der Waals surface area contributed by atoms with Crippen molar-refractivity contribution in [3.8, 4) is 0 Å². The minimum absolute atomic E-state index is 0.183. The summed E-state index contributed by atoms with van der Waals surface area (Å²) in [5.74, 6) is 0.564. The van der Waals surface area contributed by atoms with Gasteiger partial charge in [-0.25, -0.2) is 0 Å². The molecule has 0 aromatic heterocycles. The van der Waals surface area contributed by atoms with Gasteiger partial charge in [0.2, 0.25) is 5.91 Å². The van der Waals surface area contributed by atoms with Gasteiger partial charge in [0, 0.05) is 43.7 Å². The lowest BCUT2D eigenvalue weighted by Gasteiger charge is -2.38. The van der Waals surface area contributed by atoms with E-state index >= 15 is 0 Å². The molecule has 2 aliphatic heterocycles. The molecule has 0 aliphatic carbocycles. The molecule has 0 radical (unpaired) electrons. The molecule has 1 aromatic rings. The highest BCUT2D eigenvalue weighted by Crippen LogP contribution is 2.22. The molecule has 132 valence electrons. The van der Waals surface area contributed by atoms with Crippen molar-refractivity contribution in [1.29, 1.82) is 0 Å². The molecular formula is C19H28BrN3O. The Labute approximate surface area is 153 Å². The zero-order valence-electron chi connectivity index (χ0n) is 14.6. The van der Waals surface area contributed by atoms with Crippen LogP contribution < -0.4 is 0 Å². The van der Waals surface area contributed by atoms with Crippen LogP contribution in [0, 0.1) is 5.92 Å². The highest BCUT2D eigenvalue weighted by atomic mass is 79.9. The smallest absolute Gasteiger partial charge is 0.227 e. The number of carbonyl (C=O) groups is 1. The fourth-order valence-electron chi connectivity index (χ4n) is 3.79. The summed E-state index contributed by atoms with van der Waals surface area (Å²) in [6, 6.07) is 8.52. The molecule has 3 rings (SSSR count). The summed E-state index contributed by atoms with van der Waals surface area (Å²) in [6.45, 7) is 10.1. The number of hydrogen-bond acceptors (Lipinski definition) is 3. The third-order valence-electron chi connectivity index (χ3n) is 5.31. The zero-order valence-corrected chi connectivity index (χ0v) is 16.2. The van der Waals surface area contributed by atoms with Crippen LogP contribution in [0.1, 0.15) is 25.3 Å². The summed E-state index contributed by atoms with van der Waals surface area (Å²) in [6.07, 6.45) is 2.17. The minimum atomic E-state index is 0.183. The van der Waals surface area contributed by atoms with Gasteiger partial charge in [-0.2, -0.15) is 0 Å². The molecule has 1 atom stereocenters. The van der Waals surface area contributed by atoms with E-state index in [1.807, 2.05) is 0 Å². The number of piperazine rings is 1. The molecule has 0 saturated carbocycles. The Morgan fingerprint density at radius 2 is 1.79 bits per heavy atom. The van der Waals surface area contributed by atoms with Crippen LogP contribution in [0.2, 0.25) is 0 Å². The van der Waals surface area contributed by atoms with Gasteiger partial charge in [0.05, 0.1) is 5.92 Å². The molecule has 1 amide bonds. The van der Waals surface area contributed by atoms with Crippen molar-refractivity contribution in [1.82, 2.24) is 14.7 Å². The van der Waals surface area contributed by atoms with Gasteiger partial charge in [0.1, 0.15) is 0 Å². The lowest BCUT2D eigenvalue weighted by Crippen LogP contribution is -2.52. The fraction of sp³-hybridized carbons (Fsp3) is 0.632. The maximum absolute atomic E-state index is 12.9. The Balaban J connectivity index is 1.53. The largest absolute Gasteiger partial charge is 0.340 e. The van der Waals surface area contributed by atoms with Crippen molar-refractivity contribution in [2.45, 2.75) is 26.3 Å². The van der Waals surface area contributed by atoms with Gasteiger partial charge in [0.25, 0.3) is 0 Å². The Morgan fingerprint density at radius 1 is 1.08 bits per heavy atom.